The Morgan fingerprint density at radius 3 is 2.88 bits per heavy atom. The van der Waals surface area contributed by atoms with Crippen LogP contribution in [0.4, 0.5) is 0 Å². The van der Waals surface area contributed by atoms with Crippen LogP contribution >= 0.6 is 0 Å². The molecule has 6 heteroatoms. The van der Waals surface area contributed by atoms with E-state index in [2.05, 4.69) is 5.16 Å². The fraction of sp³-hybridized carbons (Fsp3) is 0.818. The van der Waals surface area contributed by atoms with Crippen molar-refractivity contribution in [2.24, 2.45) is 16.8 Å². The minimum absolute atomic E-state index is 0.0289. The molecule has 3 atom stereocenters. The lowest BCUT2D eigenvalue weighted by atomic mass is 10.0. The Bertz CT molecular complexity index is 306. The lowest BCUT2D eigenvalue weighted by molar-refractivity contribution is -0.146. The predicted molar refractivity (Wildman–Crippen MR) is 63.8 cm³/mol. The first-order valence-electron chi connectivity index (χ1n) is 5.90. The molecule has 3 N–H and O–H groups in total. The van der Waals surface area contributed by atoms with Crippen LogP contribution in [-0.4, -0.2) is 47.1 Å². The van der Waals surface area contributed by atoms with Crippen LogP contribution in [0.1, 0.15) is 27.2 Å². The third-order valence-corrected chi connectivity index (χ3v) is 3.15. The zero-order valence-electron chi connectivity index (χ0n) is 10.6. The molecule has 1 amide bonds. The molecule has 0 radical (unpaired) electrons. The van der Waals surface area contributed by atoms with Gasteiger partial charge in [-0.25, -0.2) is 0 Å². The second-order valence-electron chi connectivity index (χ2n) is 4.44. The van der Waals surface area contributed by atoms with E-state index in [4.69, 9.17) is 15.7 Å². The molecule has 0 aromatic heterocycles. The molecule has 1 aliphatic heterocycles. The first-order chi connectivity index (χ1) is 8.01. The molecule has 0 saturated carbocycles. The van der Waals surface area contributed by atoms with E-state index in [0.717, 1.165) is 6.42 Å². The number of carbonyl (C=O) groups excluding carboxylic acids is 1. The van der Waals surface area contributed by atoms with Crippen molar-refractivity contribution in [3.8, 4) is 0 Å². The SMILES string of the molecule is CCC1COC(C)CN1C(=O)C(C)C(N)=NO. The fourth-order valence-corrected chi connectivity index (χ4v) is 1.91. The van der Waals surface area contributed by atoms with Crippen molar-refractivity contribution in [3.05, 3.63) is 0 Å². The summed E-state index contributed by atoms with van der Waals surface area (Å²) in [6.45, 7) is 6.69. The first kappa shape index (κ1) is 13.8. The lowest BCUT2D eigenvalue weighted by Crippen LogP contribution is -2.54. The Hall–Kier alpha value is -1.30. The zero-order chi connectivity index (χ0) is 13.0. The average Bonchev–Trinajstić information content (AvgIpc) is 2.35. The Morgan fingerprint density at radius 2 is 2.35 bits per heavy atom. The molecule has 1 rings (SSSR count). The van der Waals surface area contributed by atoms with E-state index in [9.17, 15) is 4.79 Å². The normalized spacial score (nSPS) is 27.9. The maximum absolute atomic E-state index is 12.2. The summed E-state index contributed by atoms with van der Waals surface area (Å²) in [5.74, 6) is -0.759. The largest absolute Gasteiger partial charge is 0.409 e. The topological polar surface area (TPSA) is 88.2 Å². The van der Waals surface area contributed by atoms with Gasteiger partial charge in [-0.1, -0.05) is 12.1 Å². The molecule has 1 aliphatic rings. The van der Waals surface area contributed by atoms with E-state index < -0.39 is 5.92 Å². The van der Waals surface area contributed by atoms with E-state index in [1.54, 1.807) is 11.8 Å². The molecule has 6 nitrogen and oxygen atoms in total. The number of oxime groups is 1. The van der Waals surface area contributed by atoms with Crippen LogP contribution in [0.25, 0.3) is 0 Å². The smallest absolute Gasteiger partial charge is 0.233 e. The molecule has 3 unspecified atom stereocenters. The number of amides is 1. The number of amidine groups is 1. The molecule has 1 saturated heterocycles. The number of hydrogen-bond donors (Lipinski definition) is 2. The fourth-order valence-electron chi connectivity index (χ4n) is 1.91. The van der Waals surface area contributed by atoms with Crippen LogP contribution in [0, 0.1) is 5.92 Å². The predicted octanol–water partition coefficient (Wildman–Crippen LogP) is 0.395. The van der Waals surface area contributed by atoms with E-state index in [0.29, 0.717) is 13.2 Å². The third-order valence-electron chi connectivity index (χ3n) is 3.15. The molecule has 0 aromatic carbocycles. The molecule has 1 fully saturated rings. The summed E-state index contributed by atoms with van der Waals surface area (Å²) in [4.78, 5) is 14.0. The summed E-state index contributed by atoms with van der Waals surface area (Å²) in [6.07, 6.45) is 0.864. The van der Waals surface area contributed by atoms with Crippen LogP contribution in [0.5, 0.6) is 0 Å². The summed E-state index contributed by atoms with van der Waals surface area (Å²) in [6, 6.07) is 0.0765. The van der Waals surface area contributed by atoms with E-state index in [1.165, 1.54) is 0 Å². The van der Waals surface area contributed by atoms with Gasteiger partial charge in [0.25, 0.3) is 0 Å². The highest BCUT2D eigenvalue weighted by Crippen LogP contribution is 2.17. The number of morpholine rings is 1. The monoisotopic (exact) mass is 243 g/mol. The van der Waals surface area contributed by atoms with Gasteiger partial charge in [0.15, 0.2) is 5.84 Å². The van der Waals surface area contributed by atoms with Crippen LogP contribution in [0.2, 0.25) is 0 Å². The van der Waals surface area contributed by atoms with Gasteiger partial charge in [-0.05, 0) is 20.3 Å². The number of hydrogen-bond acceptors (Lipinski definition) is 4. The third kappa shape index (κ3) is 3.09. The van der Waals surface area contributed by atoms with Crippen molar-refractivity contribution in [1.82, 2.24) is 4.90 Å². The number of nitrogens with zero attached hydrogens (tertiary/aromatic N) is 2. The summed E-state index contributed by atoms with van der Waals surface area (Å²) in [5.41, 5.74) is 5.47. The van der Waals surface area contributed by atoms with Gasteiger partial charge in [0.1, 0.15) is 0 Å². The van der Waals surface area contributed by atoms with Crippen molar-refractivity contribution in [2.75, 3.05) is 13.2 Å². The number of ether oxygens (including phenoxy) is 1. The molecule has 0 aliphatic carbocycles. The quantitative estimate of drug-likeness (QED) is 0.325. The second kappa shape index (κ2) is 5.86. The van der Waals surface area contributed by atoms with E-state index in [-0.39, 0.29) is 23.9 Å². The Balaban J connectivity index is 2.77. The van der Waals surface area contributed by atoms with Gasteiger partial charge in [0, 0.05) is 6.54 Å². The maximum Gasteiger partial charge on any atom is 0.233 e. The summed E-state index contributed by atoms with van der Waals surface area (Å²) in [7, 11) is 0. The molecule has 17 heavy (non-hydrogen) atoms. The number of carbonyl (C=O) groups is 1. The standard InChI is InChI=1S/C11H21N3O3/c1-4-9-6-17-7(2)5-14(9)11(15)8(3)10(12)13-16/h7-9,16H,4-6H2,1-3H3,(H2,12,13). The number of nitrogens with two attached hydrogens (primary N) is 1. The van der Waals surface area contributed by atoms with Crippen LogP contribution in [0.15, 0.2) is 5.16 Å². The van der Waals surface area contributed by atoms with Gasteiger partial charge >= 0.3 is 0 Å². The van der Waals surface area contributed by atoms with Crippen molar-refractivity contribution < 1.29 is 14.7 Å². The highest BCUT2D eigenvalue weighted by atomic mass is 16.5. The van der Waals surface area contributed by atoms with Gasteiger partial charge in [0.2, 0.25) is 5.91 Å². The highest BCUT2D eigenvalue weighted by Gasteiger charge is 2.33. The summed E-state index contributed by atoms with van der Waals surface area (Å²) < 4.78 is 5.52. The van der Waals surface area contributed by atoms with Gasteiger partial charge in [0.05, 0.1) is 24.7 Å². The molecule has 1 heterocycles. The average molecular weight is 243 g/mol. The molecular formula is C11H21N3O3. The molecular weight excluding hydrogens is 222 g/mol. The van der Waals surface area contributed by atoms with Crippen molar-refractivity contribution >= 4 is 11.7 Å². The second-order valence-corrected chi connectivity index (χ2v) is 4.44. The Kier molecular flexibility index (Phi) is 4.74. The van der Waals surface area contributed by atoms with Crippen molar-refractivity contribution in [2.45, 2.75) is 39.3 Å². The summed E-state index contributed by atoms with van der Waals surface area (Å²) in [5, 5.41) is 11.5. The Labute approximate surface area is 101 Å². The van der Waals surface area contributed by atoms with Crippen LogP contribution < -0.4 is 5.73 Å². The summed E-state index contributed by atoms with van der Waals surface area (Å²) >= 11 is 0. The van der Waals surface area contributed by atoms with E-state index in [1.807, 2.05) is 13.8 Å². The maximum atomic E-state index is 12.2. The van der Waals surface area contributed by atoms with Gasteiger partial charge in [-0.2, -0.15) is 0 Å². The number of rotatable bonds is 3. The molecule has 0 bridgehead atoms. The minimum Gasteiger partial charge on any atom is -0.409 e. The van der Waals surface area contributed by atoms with Gasteiger partial charge in [-0.3, -0.25) is 4.79 Å². The molecule has 0 spiro atoms. The van der Waals surface area contributed by atoms with Gasteiger partial charge < -0.3 is 20.6 Å². The molecule has 0 aromatic rings. The zero-order valence-corrected chi connectivity index (χ0v) is 10.6. The minimum atomic E-state index is -0.598. The van der Waals surface area contributed by atoms with Crippen molar-refractivity contribution in [3.63, 3.8) is 0 Å². The van der Waals surface area contributed by atoms with Crippen LogP contribution in [-0.2, 0) is 9.53 Å². The highest BCUT2D eigenvalue weighted by molar-refractivity contribution is 6.01. The van der Waals surface area contributed by atoms with E-state index >= 15 is 0 Å². The van der Waals surface area contributed by atoms with Crippen molar-refractivity contribution in [1.29, 1.82) is 0 Å². The molecule has 98 valence electrons. The first-order valence-corrected chi connectivity index (χ1v) is 5.90. The lowest BCUT2D eigenvalue weighted by Gasteiger charge is -2.39. The van der Waals surface area contributed by atoms with Crippen LogP contribution in [0.3, 0.4) is 0 Å². The van der Waals surface area contributed by atoms with Gasteiger partial charge in [-0.15, -0.1) is 0 Å². The Morgan fingerprint density at radius 1 is 1.71 bits per heavy atom.